The number of anilines is 1. The van der Waals surface area contributed by atoms with E-state index in [1.807, 2.05) is 33.0 Å². The Morgan fingerprint density at radius 3 is 2.79 bits per heavy atom. The van der Waals surface area contributed by atoms with E-state index in [0.717, 1.165) is 0 Å². The van der Waals surface area contributed by atoms with E-state index in [2.05, 4.69) is 20.7 Å². The summed E-state index contributed by atoms with van der Waals surface area (Å²) in [5, 5.41) is 11.2. The van der Waals surface area contributed by atoms with Gasteiger partial charge in [-0.25, -0.2) is 4.68 Å². The number of hydrogen-bond acceptors (Lipinski definition) is 7. The van der Waals surface area contributed by atoms with Crippen molar-refractivity contribution in [3.05, 3.63) is 40.6 Å². The summed E-state index contributed by atoms with van der Waals surface area (Å²) in [7, 11) is 7.36. The molecule has 0 saturated carbocycles. The van der Waals surface area contributed by atoms with Gasteiger partial charge < -0.3 is 16.4 Å². The Bertz CT molecular complexity index is 797. The van der Waals surface area contributed by atoms with Crippen molar-refractivity contribution in [1.82, 2.24) is 25.0 Å². The molecule has 2 rings (SSSR count). The lowest BCUT2D eigenvalue weighted by molar-refractivity contribution is 0.303. The normalized spacial score (nSPS) is 14.7. The molecule has 24 heavy (non-hydrogen) atoms. The van der Waals surface area contributed by atoms with Crippen molar-refractivity contribution in [3.63, 3.8) is 0 Å². The first-order valence-corrected chi connectivity index (χ1v) is 7.74. The Hall–Kier alpha value is -2.61. The van der Waals surface area contributed by atoms with Crippen molar-refractivity contribution in [3.8, 4) is 0 Å². The van der Waals surface area contributed by atoms with E-state index in [-0.39, 0.29) is 17.6 Å². The van der Waals surface area contributed by atoms with Gasteiger partial charge in [0.05, 0.1) is 11.4 Å². The van der Waals surface area contributed by atoms with Crippen LogP contribution >= 0.6 is 0 Å². The van der Waals surface area contributed by atoms with E-state index >= 15 is 0 Å². The number of nitrogens with zero attached hydrogens (tertiary/aromatic N) is 4. The van der Waals surface area contributed by atoms with Gasteiger partial charge in [0.15, 0.2) is 5.82 Å². The molecule has 2 aromatic rings. The Morgan fingerprint density at radius 2 is 2.17 bits per heavy atom. The molecule has 0 fully saturated rings. The molecule has 0 bridgehead atoms. The van der Waals surface area contributed by atoms with Gasteiger partial charge in [-0.15, -0.1) is 0 Å². The molecule has 2 unspecified atom stereocenters. The van der Waals surface area contributed by atoms with Crippen LogP contribution in [-0.2, 0) is 7.05 Å². The molecule has 8 nitrogen and oxygen atoms in total. The van der Waals surface area contributed by atoms with Crippen molar-refractivity contribution in [2.24, 2.45) is 12.8 Å². The largest absolute Gasteiger partial charge is 0.400 e. The minimum atomic E-state index is -0.171. The number of aryl methyl sites for hydroxylation is 1. The molecule has 0 radical (unpaired) electrons. The van der Waals surface area contributed by atoms with E-state index in [9.17, 15) is 4.79 Å². The number of aromatic nitrogens is 3. The van der Waals surface area contributed by atoms with Gasteiger partial charge >= 0.3 is 0 Å². The number of rotatable bonds is 6. The molecule has 130 valence electrons. The first-order valence-electron chi connectivity index (χ1n) is 7.74. The van der Waals surface area contributed by atoms with Crippen LogP contribution in [0.25, 0.3) is 10.9 Å². The number of hydrogen-bond donors (Lipinski definition) is 3. The fourth-order valence-corrected chi connectivity index (χ4v) is 2.86. The summed E-state index contributed by atoms with van der Waals surface area (Å²) in [5.41, 5.74) is 7.26. The average molecular weight is 331 g/mol. The van der Waals surface area contributed by atoms with Crippen molar-refractivity contribution in [2.45, 2.75) is 19.0 Å². The van der Waals surface area contributed by atoms with Gasteiger partial charge in [-0.1, -0.05) is 0 Å². The van der Waals surface area contributed by atoms with Gasteiger partial charge in [0, 0.05) is 38.2 Å². The number of nitrogens with one attached hydrogen (secondary N) is 2. The number of nitrogens with two attached hydrogens (primary N) is 1. The van der Waals surface area contributed by atoms with Crippen LogP contribution in [0.5, 0.6) is 0 Å². The molecular formula is C16H25N7O. The first kappa shape index (κ1) is 17.7. The molecule has 0 amide bonds. The highest BCUT2D eigenvalue weighted by Crippen LogP contribution is 2.18. The lowest BCUT2D eigenvalue weighted by atomic mass is 10.1. The van der Waals surface area contributed by atoms with Crippen LogP contribution < -0.4 is 21.9 Å². The van der Waals surface area contributed by atoms with E-state index in [1.54, 1.807) is 31.6 Å². The van der Waals surface area contributed by atoms with Crippen molar-refractivity contribution in [1.29, 1.82) is 0 Å². The van der Waals surface area contributed by atoms with Crippen LogP contribution in [0, 0.1) is 0 Å². The molecular weight excluding hydrogens is 306 g/mol. The summed E-state index contributed by atoms with van der Waals surface area (Å²) in [6.07, 6.45) is 3.42. The van der Waals surface area contributed by atoms with Crippen LogP contribution in [0.15, 0.2) is 35.0 Å². The first-order chi connectivity index (χ1) is 11.4. The minimum absolute atomic E-state index is 0.0557. The second-order valence-electron chi connectivity index (χ2n) is 5.95. The predicted octanol–water partition coefficient (Wildman–Crippen LogP) is 0.0786. The van der Waals surface area contributed by atoms with Crippen molar-refractivity contribution < 1.29 is 0 Å². The van der Waals surface area contributed by atoms with Crippen LogP contribution in [0.2, 0.25) is 0 Å². The highest BCUT2D eigenvalue weighted by molar-refractivity contribution is 5.87. The summed E-state index contributed by atoms with van der Waals surface area (Å²) in [6.45, 7) is 2.02. The van der Waals surface area contributed by atoms with Gasteiger partial charge in [-0.05, 0) is 33.2 Å². The van der Waals surface area contributed by atoms with E-state index < -0.39 is 0 Å². The smallest absolute Gasteiger partial charge is 0.276 e. The van der Waals surface area contributed by atoms with Gasteiger partial charge in [0.1, 0.15) is 5.52 Å². The van der Waals surface area contributed by atoms with Crippen molar-refractivity contribution in [2.75, 3.05) is 26.5 Å². The second kappa shape index (κ2) is 7.31. The summed E-state index contributed by atoms with van der Waals surface area (Å²) in [5.74, 6) is 0.560. The van der Waals surface area contributed by atoms with Gasteiger partial charge in [0.2, 0.25) is 0 Å². The van der Waals surface area contributed by atoms with E-state index in [1.165, 1.54) is 4.68 Å². The number of fused-ring (bicyclic) bond motifs is 1. The maximum Gasteiger partial charge on any atom is 0.276 e. The van der Waals surface area contributed by atoms with Crippen LogP contribution in [0.3, 0.4) is 0 Å². The quantitative estimate of drug-likeness (QED) is 0.689. The Labute approximate surface area is 141 Å². The number of likely N-dealkylation sites (N-methyl/N-ethyl adjacent to an activating group) is 1. The third kappa shape index (κ3) is 3.48. The molecule has 0 aromatic carbocycles. The maximum atomic E-state index is 12.2. The molecule has 8 heteroatoms. The maximum absolute atomic E-state index is 12.2. The summed E-state index contributed by atoms with van der Waals surface area (Å²) in [6, 6.07) is 3.38. The number of pyridine rings is 1. The molecule has 0 aliphatic carbocycles. The molecule has 2 aromatic heterocycles. The van der Waals surface area contributed by atoms with Gasteiger partial charge in [-0.2, -0.15) is 5.10 Å². The van der Waals surface area contributed by atoms with Crippen LogP contribution in [-0.4, -0.2) is 52.9 Å². The summed E-state index contributed by atoms with van der Waals surface area (Å²) < 4.78 is 1.32. The third-order valence-corrected chi connectivity index (χ3v) is 3.85. The molecule has 4 N–H and O–H groups in total. The topological polar surface area (TPSA) is 101 Å². The molecule has 0 aliphatic heterocycles. The molecule has 0 aliphatic rings. The van der Waals surface area contributed by atoms with Crippen LogP contribution in [0.4, 0.5) is 5.82 Å². The monoisotopic (exact) mass is 331 g/mol. The predicted molar refractivity (Wildman–Crippen MR) is 96.7 cm³/mol. The lowest BCUT2D eigenvalue weighted by Crippen LogP contribution is -2.46. The lowest BCUT2D eigenvalue weighted by Gasteiger charge is -2.31. The van der Waals surface area contributed by atoms with Gasteiger partial charge in [0.25, 0.3) is 5.56 Å². The van der Waals surface area contributed by atoms with E-state index in [4.69, 9.17) is 5.73 Å². The zero-order valence-corrected chi connectivity index (χ0v) is 14.7. The fraction of sp³-hybridized carbons (Fsp3) is 0.438. The Morgan fingerprint density at radius 1 is 1.46 bits per heavy atom. The molecule has 0 spiro atoms. The zero-order chi connectivity index (χ0) is 17.9. The third-order valence-electron chi connectivity index (χ3n) is 3.85. The highest BCUT2D eigenvalue weighted by atomic mass is 16.1. The average Bonchev–Trinajstić information content (AvgIpc) is 2.52. The zero-order valence-electron chi connectivity index (χ0n) is 14.7. The highest BCUT2D eigenvalue weighted by Gasteiger charge is 2.23. The minimum Gasteiger partial charge on any atom is -0.400 e. The SMILES string of the molecule is CN/C=C(\N)C(C(C)Nc1nn(C)c(=O)c2cccnc12)N(C)C. The second-order valence-corrected chi connectivity index (χ2v) is 5.95. The summed E-state index contributed by atoms with van der Waals surface area (Å²) in [4.78, 5) is 18.5. The Balaban J connectivity index is 2.43. The Kier molecular flexibility index (Phi) is 5.40. The van der Waals surface area contributed by atoms with Crippen molar-refractivity contribution >= 4 is 16.7 Å². The van der Waals surface area contributed by atoms with Gasteiger partial charge in [-0.3, -0.25) is 14.7 Å². The molecule has 0 saturated heterocycles. The van der Waals surface area contributed by atoms with E-state index in [0.29, 0.717) is 22.4 Å². The summed E-state index contributed by atoms with van der Waals surface area (Å²) >= 11 is 0. The molecule has 2 atom stereocenters. The standard InChI is InChI=1S/C16H25N7O/c1-10(14(22(3)4)12(17)9-18-2)20-15-13-11(7-6-8-19-13)16(24)23(5)21-15/h6-10,14,18H,17H2,1-5H3,(H,20,21)/b12-9-. The fourth-order valence-electron chi connectivity index (χ4n) is 2.86. The van der Waals surface area contributed by atoms with Crippen LogP contribution in [0.1, 0.15) is 6.92 Å². The molecule has 2 heterocycles.